The van der Waals surface area contributed by atoms with Crippen molar-refractivity contribution < 1.29 is 0 Å². The van der Waals surface area contributed by atoms with Gasteiger partial charge in [0.1, 0.15) is 0 Å². The van der Waals surface area contributed by atoms with Crippen LogP contribution in [0.2, 0.25) is 0 Å². The lowest BCUT2D eigenvalue weighted by Crippen LogP contribution is -2.10. The summed E-state index contributed by atoms with van der Waals surface area (Å²) in [5.74, 6) is 0. The minimum atomic E-state index is 1.11. The molecule has 10 aromatic rings. The zero-order valence-electron chi connectivity index (χ0n) is 26.6. The summed E-state index contributed by atoms with van der Waals surface area (Å²) in [6.07, 6.45) is 0. The van der Waals surface area contributed by atoms with E-state index in [0.29, 0.717) is 0 Å². The number of hydrogen-bond donors (Lipinski definition) is 0. The van der Waals surface area contributed by atoms with Crippen molar-refractivity contribution in [2.24, 2.45) is 0 Å². The summed E-state index contributed by atoms with van der Waals surface area (Å²) in [4.78, 5) is 2.40. The maximum Gasteiger partial charge on any atom is 0.0561 e. The Morgan fingerprint density at radius 2 is 1.00 bits per heavy atom. The summed E-state index contributed by atoms with van der Waals surface area (Å²) in [7, 11) is 0. The third-order valence-corrected chi connectivity index (χ3v) is 10.9. The van der Waals surface area contributed by atoms with Crippen LogP contribution in [0.15, 0.2) is 182 Å². The van der Waals surface area contributed by atoms with Crippen LogP contribution in [0.3, 0.4) is 0 Å². The smallest absolute Gasteiger partial charge is 0.0561 e. The molecule has 230 valence electrons. The van der Waals surface area contributed by atoms with Crippen LogP contribution in [0.1, 0.15) is 0 Å². The van der Waals surface area contributed by atoms with Crippen molar-refractivity contribution in [1.82, 2.24) is 4.57 Å². The van der Waals surface area contributed by atoms with Crippen molar-refractivity contribution in [1.29, 1.82) is 0 Å². The molecule has 10 rings (SSSR count). The van der Waals surface area contributed by atoms with E-state index in [-0.39, 0.29) is 0 Å². The quantitative estimate of drug-likeness (QED) is 0.181. The minimum Gasteiger partial charge on any atom is -0.310 e. The lowest BCUT2D eigenvalue weighted by atomic mass is 10.0. The third kappa shape index (κ3) is 4.62. The normalized spacial score (nSPS) is 11.7. The first-order chi connectivity index (χ1) is 24.3. The van der Waals surface area contributed by atoms with Crippen molar-refractivity contribution in [3.05, 3.63) is 182 Å². The van der Waals surface area contributed by atoms with Crippen LogP contribution >= 0.6 is 11.3 Å². The molecule has 0 saturated carbocycles. The van der Waals surface area contributed by atoms with Gasteiger partial charge in [-0.2, -0.15) is 0 Å². The number of para-hydroxylation sites is 2. The molecular weight excluding hydrogens is 613 g/mol. The second kappa shape index (κ2) is 11.2. The molecule has 0 radical (unpaired) electrons. The van der Waals surface area contributed by atoms with Gasteiger partial charge in [0.2, 0.25) is 0 Å². The van der Waals surface area contributed by atoms with Gasteiger partial charge in [-0.3, -0.25) is 0 Å². The zero-order chi connectivity index (χ0) is 32.3. The van der Waals surface area contributed by atoms with Crippen LogP contribution < -0.4 is 4.90 Å². The molecular formula is C46H30N2S. The highest BCUT2D eigenvalue weighted by Crippen LogP contribution is 2.42. The topological polar surface area (TPSA) is 8.17 Å². The maximum absolute atomic E-state index is 2.40. The predicted octanol–water partition coefficient (Wildman–Crippen LogP) is 13.4. The van der Waals surface area contributed by atoms with E-state index in [4.69, 9.17) is 0 Å². The van der Waals surface area contributed by atoms with Gasteiger partial charge >= 0.3 is 0 Å². The molecule has 0 aliphatic carbocycles. The second-order valence-corrected chi connectivity index (χ2v) is 13.7. The Balaban J connectivity index is 1.19. The molecule has 0 fully saturated rings. The first-order valence-corrected chi connectivity index (χ1v) is 17.5. The third-order valence-electron chi connectivity index (χ3n) is 9.74. The van der Waals surface area contributed by atoms with Crippen LogP contribution in [0.4, 0.5) is 17.1 Å². The summed E-state index contributed by atoms with van der Waals surface area (Å²) < 4.78 is 5.04. The first kappa shape index (κ1) is 27.9. The molecule has 0 atom stereocenters. The lowest BCUT2D eigenvalue weighted by Gasteiger charge is -2.26. The fourth-order valence-corrected chi connectivity index (χ4v) is 8.57. The van der Waals surface area contributed by atoms with Crippen molar-refractivity contribution in [3.8, 4) is 16.8 Å². The average Bonchev–Trinajstić information content (AvgIpc) is 3.69. The molecule has 0 bridgehead atoms. The lowest BCUT2D eigenvalue weighted by molar-refractivity contribution is 1.18. The molecule has 0 amide bonds. The molecule has 2 aromatic heterocycles. The molecule has 0 saturated heterocycles. The van der Waals surface area contributed by atoms with Gasteiger partial charge in [0, 0.05) is 53.7 Å². The standard InChI is InChI=1S/C46H30N2S/c1-3-11-31(12-4-1)32-19-22-36(23-20-32)47(37-24-21-33-28-42-41-16-8-10-18-45(41)49-46(42)29-34(33)27-37)38-25-26-40-39-15-7-9-17-43(39)48(44(40)30-38)35-13-5-2-6-14-35/h1-30H. The van der Waals surface area contributed by atoms with Crippen LogP contribution in [-0.4, -0.2) is 4.57 Å². The molecule has 0 N–H and O–H groups in total. The van der Waals surface area contributed by atoms with Crippen LogP contribution in [0, 0.1) is 0 Å². The summed E-state index contributed by atoms with van der Waals surface area (Å²) in [5, 5.41) is 7.64. The van der Waals surface area contributed by atoms with Crippen LogP contribution in [-0.2, 0) is 0 Å². The molecule has 2 nitrogen and oxygen atoms in total. The number of aromatic nitrogens is 1. The number of hydrogen-bond acceptors (Lipinski definition) is 2. The molecule has 2 heterocycles. The summed E-state index contributed by atoms with van der Waals surface area (Å²) in [6.45, 7) is 0. The Morgan fingerprint density at radius 1 is 0.367 bits per heavy atom. The Bertz CT molecular complexity index is 2810. The molecule has 0 spiro atoms. The van der Waals surface area contributed by atoms with Gasteiger partial charge < -0.3 is 9.47 Å². The number of anilines is 3. The van der Waals surface area contributed by atoms with Crippen molar-refractivity contribution in [3.63, 3.8) is 0 Å². The fraction of sp³-hybridized carbons (Fsp3) is 0. The van der Waals surface area contributed by atoms with Crippen molar-refractivity contribution in [2.45, 2.75) is 0 Å². The average molecular weight is 643 g/mol. The highest BCUT2D eigenvalue weighted by atomic mass is 32.1. The second-order valence-electron chi connectivity index (χ2n) is 12.6. The largest absolute Gasteiger partial charge is 0.310 e. The Kier molecular flexibility index (Phi) is 6.39. The SMILES string of the molecule is c1ccc(-c2ccc(N(c3ccc4cc5c(cc4c3)sc3ccccc35)c3ccc4c5ccccc5n(-c5ccccc5)c4c3)cc2)cc1. The molecule has 3 heteroatoms. The van der Waals surface area contributed by atoms with E-state index in [1.807, 2.05) is 11.3 Å². The first-order valence-electron chi connectivity index (χ1n) is 16.7. The van der Waals surface area contributed by atoms with Gasteiger partial charge in [-0.05, 0) is 94.7 Å². The van der Waals surface area contributed by atoms with Gasteiger partial charge in [-0.25, -0.2) is 0 Å². The van der Waals surface area contributed by atoms with Gasteiger partial charge in [0.05, 0.1) is 11.0 Å². The zero-order valence-corrected chi connectivity index (χ0v) is 27.4. The number of fused-ring (bicyclic) bond motifs is 7. The number of benzene rings is 8. The van der Waals surface area contributed by atoms with E-state index in [0.717, 1.165) is 22.7 Å². The van der Waals surface area contributed by atoms with Gasteiger partial charge in [0.25, 0.3) is 0 Å². The fourth-order valence-electron chi connectivity index (χ4n) is 7.43. The van der Waals surface area contributed by atoms with Crippen molar-refractivity contribution >= 4 is 81.1 Å². The number of nitrogens with zero attached hydrogens (tertiary/aromatic N) is 2. The monoisotopic (exact) mass is 642 g/mol. The van der Waals surface area contributed by atoms with Gasteiger partial charge in [0.15, 0.2) is 0 Å². The van der Waals surface area contributed by atoms with Gasteiger partial charge in [-0.1, -0.05) is 109 Å². The Labute approximate surface area is 288 Å². The minimum absolute atomic E-state index is 1.11. The summed E-state index contributed by atoms with van der Waals surface area (Å²) >= 11 is 1.87. The highest BCUT2D eigenvalue weighted by Gasteiger charge is 2.18. The van der Waals surface area contributed by atoms with Crippen molar-refractivity contribution in [2.75, 3.05) is 4.90 Å². The van der Waals surface area contributed by atoms with E-state index < -0.39 is 0 Å². The predicted molar refractivity (Wildman–Crippen MR) is 211 cm³/mol. The van der Waals surface area contributed by atoms with Crippen LogP contribution in [0.25, 0.3) is 69.6 Å². The molecule has 0 aliphatic heterocycles. The van der Waals surface area contributed by atoms with E-state index in [1.54, 1.807) is 0 Å². The van der Waals surface area contributed by atoms with E-state index in [2.05, 4.69) is 191 Å². The Hall–Kier alpha value is -6.16. The molecule has 8 aromatic carbocycles. The highest BCUT2D eigenvalue weighted by molar-refractivity contribution is 7.25. The van der Waals surface area contributed by atoms with E-state index >= 15 is 0 Å². The summed E-state index contributed by atoms with van der Waals surface area (Å²) in [5.41, 5.74) is 9.32. The summed E-state index contributed by atoms with van der Waals surface area (Å²) in [6, 6.07) is 66.2. The Morgan fingerprint density at radius 3 is 1.84 bits per heavy atom. The number of thiophene rings is 1. The van der Waals surface area contributed by atoms with E-state index in [1.165, 1.54) is 63.9 Å². The number of rotatable bonds is 5. The molecule has 0 aliphatic rings. The van der Waals surface area contributed by atoms with Crippen LogP contribution in [0.5, 0.6) is 0 Å². The molecule has 0 unspecified atom stereocenters. The van der Waals surface area contributed by atoms with Gasteiger partial charge in [-0.15, -0.1) is 11.3 Å². The maximum atomic E-state index is 2.40. The van der Waals surface area contributed by atoms with E-state index in [9.17, 15) is 0 Å². The molecule has 49 heavy (non-hydrogen) atoms.